The van der Waals surface area contributed by atoms with Crippen LogP contribution in [-0.4, -0.2) is 60.9 Å². The molecule has 24 heavy (non-hydrogen) atoms. The van der Waals surface area contributed by atoms with Crippen LogP contribution in [0.3, 0.4) is 0 Å². The predicted molar refractivity (Wildman–Crippen MR) is 79.9 cm³/mol. The Morgan fingerprint density at radius 2 is 1.75 bits per heavy atom. The number of rotatable bonds is 9. The molecule has 1 saturated heterocycles. The molecule has 0 bridgehead atoms. The fraction of sp³-hybridized carbons (Fsp3) is 0.600. The van der Waals surface area contributed by atoms with E-state index in [1.54, 1.807) is 0 Å². The molecule has 2 N–H and O–H groups in total. The van der Waals surface area contributed by atoms with Crippen LogP contribution in [0.1, 0.15) is 26.2 Å². The van der Waals surface area contributed by atoms with Gasteiger partial charge >= 0.3 is 23.9 Å². The van der Waals surface area contributed by atoms with E-state index in [9.17, 15) is 19.2 Å². The molecule has 0 aromatic heterocycles. The monoisotopic (exact) mass is 343 g/mol. The van der Waals surface area contributed by atoms with Gasteiger partial charge in [-0.2, -0.15) is 0 Å². The molecule has 1 heterocycles. The third-order valence-electron chi connectivity index (χ3n) is 3.15. The number of hydrogen-bond donors (Lipinski definition) is 2. The molecule has 0 unspecified atom stereocenters. The number of carbonyl (C=O) groups excluding carboxylic acids is 3. The van der Waals surface area contributed by atoms with Crippen LogP contribution in [0, 0.1) is 0 Å². The molecule has 1 fully saturated rings. The first kappa shape index (κ1) is 19.6. The zero-order chi connectivity index (χ0) is 18.1. The highest BCUT2D eigenvalue weighted by atomic mass is 16.6. The van der Waals surface area contributed by atoms with E-state index in [1.807, 2.05) is 0 Å². The molecule has 0 aliphatic carbocycles. The van der Waals surface area contributed by atoms with Crippen LogP contribution in [0.5, 0.6) is 0 Å². The van der Waals surface area contributed by atoms with Crippen molar-refractivity contribution in [3.05, 3.63) is 12.2 Å². The molecule has 1 rings (SSSR count). The van der Waals surface area contributed by atoms with E-state index in [-0.39, 0.29) is 44.6 Å². The van der Waals surface area contributed by atoms with E-state index < -0.39 is 36.0 Å². The molecule has 0 radical (unpaired) electrons. The minimum Gasteiger partial charge on any atom is -0.480 e. The Balaban J connectivity index is 2.11. The van der Waals surface area contributed by atoms with E-state index in [2.05, 4.69) is 11.9 Å². The van der Waals surface area contributed by atoms with Gasteiger partial charge in [-0.05, 0) is 6.92 Å². The number of hydrogen-bond acceptors (Lipinski definition) is 8. The zero-order valence-corrected chi connectivity index (χ0v) is 13.4. The fourth-order valence-corrected chi connectivity index (χ4v) is 1.92. The number of carboxylic acid groups (broad SMARTS) is 1. The first-order valence-corrected chi connectivity index (χ1v) is 7.43. The van der Waals surface area contributed by atoms with Crippen molar-refractivity contribution in [2.45, 2.75) is 38.3 Å². The molecule has 9 heteroatoms. The molecular weight excluding hydrogens is 322 g/mol. The Hall–Kier alpha value is -2.42. The summed E-state index contributed by atoms with van der Waals surface area (Å²) < 4.78 is 14.6. The Labute approximate surface area is 138 Å². The van der Waals surface area contributed by atoms with Gasteiger partial charge in [0.25, 0.3) is 0 Å². The first-order valence-electron chi connectivity index (χ1n) is 7.43. The lowest BCUT2D eigenvalue weighted by atomic mass is 10.2. The van der Waals surface area contributed by atoms with Crippen LogP contribution in [-0.2, 0) is 33.4 Å². The summed E-state index contributed by atoms with van der Waals surface area (Å²) in [6.07, 6.45) is -0.662. The van der Waals surface area contributed by atoms with Gasteiger partial charge in [-0.1, -0.05) is 6.58 Å². The Morgan fingerprint density at radius 3 is 2.33 bits per heavy atom. The normalized spacial score (nSPS) is 19.4. The lowest BCUT2D eigenvalue weighted by molar-refractivity contribution is -0.154. The second-order valence-corrected chi connectivity index (χ2v) is 5.28. The van der Waals surface area contributed by atoms with Gasteiger partial charge < -0.3 is 24.6 Å². The highest BCUT2D eigenvalue weighted by molar-refractivity contribution is 5.86. The van der Waals surface area contributed by atoms with Gasteiger partial charge in [0.15, 0.2) is 0 Å². The minimum atomic E-state index is -0.996. The van der Waals surface area contributed by atoms with Crippen LogP contribution >= 0.6 is 0 Å². The van der Waals surface area contributed by atoms with Crippen molar-refractivity contribution in [3.63, 3.8) is 0 Å². The van der Waals surface area contributed by atoms with Crippen LogP contribution in [0.25, 0.3) is 0 Å². The van der Waals surface area contributed by atoms with Crippen molar-refractivity contribution in [2.24, 2.45) is 0 Å². The third kappa shape index (κ3) is 7.23. The molecular formula is C15H21NO8. The summed E-state index contributed by atoms with van der Waals surface area (Å²) in [6, 6.07) is -0.727. The Kier molecular flexibility index (Phi) is 7.90. The Morgan fingerprint density at radius 1 is 1.12 bits per heavy atom. The van der Waals surface area contributed by atoms with Crippen molar-refractivity contribution >= 4 is 23.9 Å². The largest absolute Gasteiger partial charge is 0.480 e. The van der Waals surface area contributed by atoms with Crippen LogP contribution in [0.15, 0.2) is 12.2 Å². The molecule has 0 saturated carbocycles. The van der Waals surface area contributed by atoms with Gasteiger partial charge in [-0.3, -0.25) is 14.4 Å². The predicted octanol–water partition coefficient (Wildman–Crippen LogP) is -0.213. The minimum absolute atomic E-state index is 0.0911. The van der Waals surface area contributed by atoms with E-state index in [0.29, 0.717) is 0 Å². The number of aliphatic carboxylic acids is 1. The number of nitrogens with one attached hydrogen (secondary N) is 1. The molecule has 0 amide bonds. The van der Waals surface area contributed by atoms with E-state index in [0.717, 1.165) is 0 Å². The summed E-state index contributed by atoms with van der Waals surface area (Å²) in [5, 5.41) is 11.5. The van der Waals surface area contributed by atoms with Crippen molar-refractivity contribution in [1.82, 2.24) is 5.32 Å². The van der Waals surface area contributed by atoms with Gasteiger partial charge in [0.05, 0.1) is 12.8 Å². The van der Waals surface area contributed by atoms with E-state index >= 15 is 0 Å². The maximum absolute atomic E-state index is 11.6. The molecule has 1 aliphatic heterocycles. The molecule has 0 aromatic rings. The van der Waals surface area contributed by atoms with Crippen LogP contribution < -0.4 is 5.32 Å². The lowest BCUT2D eigenvalue weighted by Crippen LogP contribution is -2.30. The number of carboxylic acids is 1. The van der Waals surface area contributed by atoms with Crippen LogP contribution in [0.4, 0.5) is 0 Å². The highest BCUT2D eigenvalue weighted by Gasteiger charge is 2.31. The summed E-state index contributed by atoms with van der Waals surface area (Å²) in [5.74, 6) is -2.78. The summed E-state index contributed by atoms with van der Waals surface area (Å²) in [6.45, 7) is 4.96. The number of ether oxygens (including phenoxy) is 3. The quantitative estimate of drug-likeness (QED) is 0.253. The molecule has 134 valence electrons. The van der Waals surface area contributed by atoms with Crippen molar-refractivity contribution in [3.8, 4) is 0 Å². The van der Waals surface area contributed by atoms with E-state index in [4.69, 9.17) is 19.3 Å². The SMILES string of the molecule is C=C(C)C(=O)OCCOC(=O)CCC(=O)O[C@H]1CN[C@H](C(=O)O)C1. The second kappa shape index (κ2) is 9.66. The highest BCUT2D eigenvalue weighted by Crippen LogP contribution is 2.12. The molecule has 0 aromatic carbocycles. The second-order valence-electron chi connectivity index (χ2n) is 5.28. The fourth-order valence-electron chi connectivity index (χ4n) is 1.92. The van der Waals surface area contributed by atoms with Crippen molar-refractivity contribution < 1.29 is 38.5 Å². The molecule has 0 spiro atoms. The topological polar surface area (TPSA) is 128 Å². The average Bonchev–Trinajstić information content (AvgIpc) is 2.97. The summed E-state index contributed by atoms with van der Waals surface area (Å²) in [4.78, 5) is 44.8. The van der Waals surface area contributed by atoms with Crippen molar-refractivity contribution in [2.75, 3.05) is 19.8 Å². The maximum Gasteiger partial charge on any atom is 0.333 e. The number of esters is 3. The molecule has 2 atom stereocenters. The summed E-state index contributed by atoms with van der Waals surface area (Å²) >= 11 is 0. The third-order valence-corrected chi connectivity index (χ3v) is 3.15. The van der Waals surface area contributed by atoms with Gasteiger partial charge in [-0.25, -0.2) is 4.79 Å². The lowest BCUT2D eigenvalue weighted by Gasteiger charge is -2.10. The van der Waals surface area contributed by atoms with Gasteiger partial charge in [0.1, 0.15) is 25.4 Å². The zero-order valence-electron chi connectivity index (χ0n) is 13.4. The summed E-state index contributed by atoms with van der Waals surface area (Å²) in [5.41, 5.74) is 0.246. The van der Waals surface area contributed by atoms with Crippen molar-refractivity contribution in [1.29, 1.82) is 0 Å². The van der Waals surface area contributed by atoms with E-state index in [1.165, 1.54) is 6.92 Å². The van der Waals surface area contributed by atoms with Crippen LogP contribution in [0.2, 0.25) is 0 Å². The first-order chi connectivity index (χ1) is 11.3. The summed E-state index contributed by atoms with van der Waals surface area (Å²) in [7, 11) is 0. The maximum atomic E-state index is 11.6. The average molecular weight is 343 g/mol. The molecule has 1 aliphatic rings. The van der Waals surface area contributed by atoms with Gasteiger partial charge in [0, 0.05) is 18.5 Å². The Bertz CT molecular complexity index is 516. The smallest absolute Gasteiger partial charge is 0.333 e. The standard InChI is InChI=1S/C15H21NO8/c1-9(2)15(21)23-6-5-22-12(17)3-4-13(18)24-10-7-11(14(19)20)16-8-10/h10-11,16H,1,3-8H2,2H3,(H,19,20)/t10-,11+/m1/s1. The number of carbonyl (C=O) groups is 4. The van der Waals surface area contributed by atoms with Gasteiger partial charge in [0.2, 0.25) is 0 Å². The molecule has 9 nitrogen and oxygen atoms in total. The van der Waals surface area contributed by atoms with Gasteiger partial charge in [-0.15, -0.1) is 0 Å².